The second-order valence-corrected chi connectivity index (χ2v) is 10.5. The molecular formula is C33H29N5S. The number of pyridine rings is 1. The fourth-order valence-corrected chi connectivity index (χ4v) is 5.67. The molecule has 0 amide bonds. The standard InChI is InChI=1S/C33H29N5S/c1-3-8-27(32-11-7-14-39-32)28-17-31(36-22(28)2)33-29-16-25(12-13-30(29)37-38-33)26-15-24(20-35-21-26)19-34-18-23-9-5-4-6-10-23/h3-17,20-21,34,36H,1,18-19H2,2H3,(H,37,38)/b27-8+. The molecule has 0 atom stereocenters. The highest BCUT2D eigenvalue weighted by molar-refractivity contribution is 7.11. The first-order valence-corrected chi connectivity index (χ1v) is 13.8. The zero-order valence-corrected chi connectivity index (χ0v) is 22.6. The van der Waals surface area contributed by atoms with Gasteiger partial charge in [-0.05, 0) is 59.3 Å². The summed E-state index contributed by atoms with van der Waals surface area (Å²) in [4.78, 5) is 9.31. The summed E-state index contributed by atoms with van der Waals surface area (Å²) in [6.07, 6.45) is 7.76. The monoisotopic (exact) mass is 527 g/mol. The van der Waals surface area contributed by atoms with E-state index in [1.165, 1.54) is 10.4 Å². The van der Waals surface area contributed by atoms with E-state index in [2.05, 4.69) is 112 Å². The normalized spacial score (nSPS) is 11.8. The number of benzene rings is 2. The van der Waals surface area contributed by atoms with Gasteiger partial charge in [0.2, 0.25) is 0 Å². The second-order valence-electron chi connectivity index (χ2n) is 9.52. The molecule has 6 aromatic rings. The zero-order valence-electron chi connectivity index (χ0n) is 21.7. The maximum absolute atomic E-state index is 4.69. The van der Waals surface area contributed by atoms with Crippen LogP contribution < -0.4 is 5.32 Å². The predicted octanol–water partition coefficient (Wildman–Crippen LogP) is 7.90. The van der Waals surface area contributed by atoms with Gasteiger partial charge >= 0.3 is 0 Å². The largest absolute Gasteiger partial charge is 0.357 e. The minimum atomic E-state index is 0.754. The minimum Gasteiger partial charge on any atom is -0.357 e. The van der Waals surface area contributed by atoms with Crippen LogP contribution in [0, 0.1) is 6.92 Å². The first-order chi connectivity index (χ1) is 19.2. The average Bonchev–Trinajstić information content (AvgIpc) is 3.72. The molecule has 0 aliphatic rings. The van der Waals surface area contributed by atoms with Gasteiger partial charge in [-0.1, -0.05) is 61.2 Å². The van der Waals surface area contributed by atoms with Crippen LogP contribution in [0.25, 0.3) is 39.0 Å². The number of aromatic nitrogens is 4. The summed E-state index contributed by atoms with van der Waals surface area (Å²) in [6, 6.07) is 25.4. The Labute approximate surface area is 232 Å². The van der Waals surface area contributed by atoms with Crippen molar-refractivity contribution < 1.29 is 0 Å². The number of rotatable bonds is 9. The summed E-state index contributed by atoms with van der Waals surface area (Å²) in [7, 11) is 0. The van der Waals surface area contributed by atoms with Crippen LogP contribution in [0.5, 0.6) is 0 Å². The van der Waals surface area contributed by atoms with Crippen LogP contribution in [0.4, 0.5) is 0 Å². The number of aromatic amines is 2. The van der Waals surface area contributed by atoms with E-state index in [0.29, 0.717) is 0 Å². The van der Waals surface area contributed by atoms with Crippen molar-refractivity contribution in [3.8, 4) is 22.5 Å². The Morgan fingerprint density at radius 2 is 1.82 bits per heavy atom. The number of thiophene rings is 1. The first kappa shape index (κ1) is 24.8. The maximum atomic E-state index is 4.69. The minimum absolute atomic E-state index is 0.754. The Morgan fingerprint density at radius 1 is 0.949 bits per heavy atom. The average molecular weight is 528 g/mol. The van der Waals surface area contributed by atoms with Gasteiger partial charge in [0.25, 0.3) is 0 Å². The van der Waals surface area contributed by atoms with Gasteiger partial charge in [-0.15, -0.1) is 11.3 Å². The van der Waals surface area contributed by atoms with Crippen molar-refractivity contribution in [2.24, 2.45) is 0 Å². The van der Waals surface area contributed by atoms with Crippen molar-refractivity contribution in [1.29, 1.82) is 0 Å². The van der Waals surface area contributed by atoms with Gasteiger partial charge in [-0.25, -0.2) is 0 Å². The van der Waals surface area contributed by atoms with E-state index in [9.17, 15) is 0 Å². The number of nitrogens with one attached hydrogen (secondary N) is 3. The van der Waals surface area contributed by atoms with Crippen LogP contribution in [0.1, 0.15) is 27.3 Å². The van der Waals surface area contributed by atoms with E-state index >= 15 is 0 Å². The fourth-order valence-electron chi connectivity index (χ4n) is 4.91. The van der Waals surface area contributed by atoms with Gasteiger partial charge in [0.1, 0.15) is 5.69 Å². The number of nitrogens with zero attached hydrogens (tertiary/aromatic N) is 2. The molecular weight excluding hydrogens is 498 g/mol. The van der Waals surface area contributed by atoms with Crippen molar-refractivity contribution in [2.45, 2.75) is 20.0 Å². The molecule has 3 N–H and O–H groups in total. The van der Waals surface area contributed by atoms with E-state index < -0.39 is 0 Å². The molecule has 0 saturated heterocycles. The summed E-state index contributed by atoms with van der Waals surface area (Å²) < 4.78 is 0. The van der Waals surface area contributed by atoms with Gasteiger partial charge in [0, 0.05) is 58.1 Å². The zero-order chi connectivity index (χ0) is 26.6. The molecule has 4 heterocycles. The molecule has 0 fully saturated rings. The second kappa shape index (κ2) is 11.1. The predicted molar refractivity (Wildman–Crippen MR) is 162 cm³/mol. The molecule has 39 heavy (non-hydrogen) atoms. The number of hydrogen-bond acceptors (Lipinski definition) is 4. The van der Waals surface area contributed by atoms with Crippen molar-refractivity contribution in [3.05, 3.63) is 137 Å². The van der Waals surface area contributed by atoms with Crippen molar-refractivity contribution >= 4 is 27.8 Å². The summed E-state index contributed by atoms with van der Waals surface area (Å²) in [5.74, 6) is 0. The van der Waals surface area contributed by atoms with E-state index in [4.69, 9.17) is 5.10 Å². The van der Waals surface area contributed by atoms with Crippen LogP contribution in [-0.2, 0) is 13.1 Å². The van der Waals surface area contributed by atoms with E-state index in [-0.39, 0.29) is 0 Å². The lowest BCUT2D eigenvalue weighted by Gasteiger charge is -2.08. The van der Waals surface area contributed by atoms with E-state index in [1.807, 2.05) is 24.5 Å². The highest BCUT2D eigenvalue weighted by Gasteiger charge is 2.17. The highest BCUT2D eigenvalue weighted by atomic mass is 32.1. The maximum Gasteiger partial charge on any atom is 0.116 e. The van der Waals surface area contributed by atoms with Gasteiger partial charge in [0.05, 0.1) is 11.2 Å². The molecule has 0 aliphatic carbocycles. The van der Waals surface area contributed by atoms with Crippen LogP contribution in [0.3, 0.4) is 0 Å². The van der Waals surface area contributed by atoms with Gasteiger partial charge in [-0.3, -0.25) is 10.1 Å². The van der Waals surface area contributed by atoms with Crippen molar-refractivity contribution in [2.75, 3.05) is 0 Å². The molecule has 0 saturated carbocycles. The fraction of sp³-hybridized carbons (Fsp3) is 0.0909. The van der Waals surface area contributed by atoms with Gasteiger partial charge in [0.15, 0.2) is 0 Å². The first-order valence-electron chi connectivity index (χ1n) is 12.9. The molecule has 0 spiro atoms. The smallest absolute Gasteiger partial charge is 0.116 e. The number of allylic oxidation sites excluding steroid dienone is 2. The van der Waals surface area contributed by atoms with Crippen LogP contribution in [0.15, 0.2) is 109 Å². The molecule has 0 bridgehead atoms. The van der Waals surface area contributed by atoms with Crippen LogP contribution in [-0.4, -0.2) is 20.2 Å². The number of fused-ring (bicyclic) bond motifs is 1. The summed E-state index contributed by atoms with van der Waals surface area (Å²) in [5.41, 5.74) is 10.9. The summed E-state index contributed by atoms with van der Waals surface area (Å²) in [6.45, 7) is 7.61. The summed E-state index contributed by atoms with van der Waals surface area (Å²) in [5, 5.41) is 14.6. The highest BCUT2D eigenvalue weighted by Crippen LogP contribution is 2.35. The molecule has 0 unspecified atom stereocenters. The Kier molecular flexibility index (Phi) is 7.04. The third kappa shape index (κ3) is 5.25. The number of hydrogen-bond donors (Lipinski definition) is 3. The molecule has 0 aliphatic heterocycles. The molecule has 6 heteroatoms. The molecule has 5 nitrogen and oxygen atoms in total. The van der Waals surface area contributed by atoms with Crippen LogP contribution in [0.2, 0.25) is 0 Å². The van der Waals surface area contributed by atoms with Gasteiger partial charge < -0.3 is 10.3 Å². The van der Waals surface area contributed by atoms with E-state index in [0.717, 1.165) is 68.9 Å². The molecule has 0 radical (unpaired) electrons. The van der Waals surface area contributed by atoms with Crippen molar-refractivity contribution in [1.82, 2.24) is 25.5 Å². The lowest BCUT2D eigenvalue weighted by atomic mass is 10.0. The SMILES string of the molecule is C=C/C=C(/c1cccs1)c1cc(-c2n[nH]c3ccc(-c4cncc(CNCc5ccccc5)c4)cc23)[nH]c1C. The van der Waals surface area contributed by atoms with E-state index in [1.54, 1.807) is 11.3 Å². The lowest BCUT2D eigenvalue weighted by molar-refractivity contribution is 0.691. The molecule has 2 aromatic carbocycles. The Hall–Kier alpha value is -4.52. The Bertz CT molecular complexity index is 1760. The number of aryl methyl sites for hydroxylation is 1. The molecule has 4 aromatic heterocycles. The third-order valence-electron chi connectivity index (χ3n) is 6.82. The van der Waals surface area contributed by atoms with Crippen LogP contribution >= 0.6 is 11.3 Å². The summed E-state index contributed by atoms with van der Waals surface area (Å²) >= 11 is 1.73. The number of H-pyrrole nitrogens is 2. The molecule has 6 rings (SSSR count). The topological polar surface area (TPSA) is 69.4 Å². The van der Waals surface area contributed by atoms with Crippen molar-refractivity contribution in [3.63, 3.8) is 0 Å². The molecule has 192 valence electrons. The Morgan fingerprint density at radius 3 is 2.64 bits per heavy atom. The lowest BCUT2D eigenvalue weighted by Crippen LogP contribution is -2.12. The quantitative estimate of drug-likeness (QED) is 0.167. The van der Waals surface area contributed by atoms with Gasteiger partial charge in [-0.2, -0.15) is 5.10 Å². The third-order valence-corrected chi connectivity index (χ3v) is 7.73. The Balaban J connectivity index is 1.29.